The molecule has 1 saturated heterocycles. The van der Waals surface area contributed by atoms with Crippen LogP contribution in [0.2, 0.25) is 0 Å². The number of amides is 1. The van der Waals surface area contributed by atoms with E-state index in [0.29, 0.717) is 29.9 Å². The molecule has 0 atom stereocenters. The van der Waals surface area contributed by atoms with E-state index in [4.69, 9.17) is 9.47 Å². The lowest BCUT2D eigenvalue weighted by Crippen LogP contribution is -2.45. The molecule has 38 heavy (non-hydrogen) atoms. The Labute approximate surface area is 220 Å². The largest absolute Gasteiger partial charge is 0.496 e. The lowest BCUT2D eigenvalue weighted by Gasteiger charge is -2.25. The third-order valence-corrected chi connectivity index (χ3v) is 8.33. The molecule has 2 aromatic heterocycles. The number of nitrogens with zero attached hydrogens (tertiary/aromatic N) is 3. The molecular weight excluding hydrogens is 513 g/mol. The fraction of sp³-hybridized carbons (Fsp3) is 0.385. The van der Waals surface area contributed by atoms with Crippen molar-refractivity contribution in [2.45, 2.75) is 19.3 Å². The van der Waals surface area contributed by atoms with Gasteiger partial charge in [-0.1, -0.05) is 6.08 Å². The summed E-state index contributed by atoms with van der Waals surface area (Å²) in [4.78, 5) is 21.9. The van der Waals surface area contributed by atoms with E-state index in [1.54, 1.807) is 24.4 Å². The van der Waals surface area contributed by atoms with Crippen molar-refractivity contribution in [2.75, 3.05) is 46.4 Å². The Kier molecular flexibility index (Phi) is 7.63. The Hall–Kier alpha value is -3.48. The molecule has 0 bridgehead atoms. The number of halogens is 1. The average molecular weight is 544 g/mol. The van der Waals surface area contributed by atoms with Gasteiger partial charge in [-0.2, -0.15) is 12.7 Å². The van der Waals surface area contributed by atoms with Crippen molar-refractivity contribution in [3.63, 3.8) is 0 Å². The highest BCUT2D eigenvalue weighted by atomic mass is 32.2. The van der Waals surface area contributed by atoms with Gasteiger partial charge in [-0.15, -0.1) is 0 Å². The zero-order chi connectivity index (χ0) is 26.7. The Balaban J connectivity index is 1.27. The highest BCUT2D eigenvalue weighted by molar-refractivity contribution is 7.87. The van der Waals surface area contributed by atoms with Crippen LogP contribution in [0, 0.1) is 5.82 Å². The van der Waals surface area contributed by atoms with E-state index < -0.39 is 16.3 Å². The maximum Gasteiger partial charge on any atom is 0.421 e. The molecule has 5 rings (SSSR count). The predicted octanol–water partition coefficient (Wildman–Crippen LogP) is 3.53. The minimum atomic E-state index is -4.04. The summed E-state index contributed by atoms with van der Waals surface area (Å²) in [5, 5.41) is 0.792. The van der Waals surface area contributed by atoms with Gasteiger partial charge in [0.1, 0.15) is 23.8 Å². The number of hydrogen-bond acceptors (Lipinski definition) is 7. The standard InChI is InChI=1S/C26H30FN5O5S/c1-36-24-5-4-19(27)16-21(24)20-6-9-28-25-22(20)17-23(29-25)18-7-12-32(13-8-18)38(34,35)30-26(33)37-15-14-31-10-2-3-11-31/h4-7,9,16-17H,2-3,8,10-15H2,1H3,(H,28,29)(H,30,33). The summed E-state index contributed by atoms with van der Waals surface area (Å²) in [7, 11) is -2.50. The van der Waals surface area contributed by atoms with Gasteiger partial charge in [0.2, 0.25) is 0 Å². The summed E-state index contributed by atoms with van der Waals surface area (Å²) in [6.45, 7) is 2.96. The van der Waals surface area contributed by atoms with Crippen LogP contribution in [0.3, 0.4) is 0 Å². The van der Waals surface area contributed by atoms with E-state index in [-0.39, 0.29) is 25.5 Å². The van der Waals surface area contributed by atoms with E-state index in [1.807, 2.05) is 10.8 Å². The molecule has 10 nitrogen and oxygen atoms in total. The van der Waals surface area contributed by atoms with E-state index >= 15 is 0 Å². The fourth-order valence-corrected chi connectivity index (χ4v) is 5.91. The van der Waals surface area contributed by atoms with Gasteiger partial charge >= 0.3 is 16.3 Å². The summed E-state index contributed by atoms with van der Waals surface area (Å²) in [5.74, 6) is 0.170. The molecular formula is C26H30FN5O5S. The monoisotopic (exact) mass is 543 g/mol. The van der Waals surface area contributed by atoms with Crippen molar-refractivity contribution in [1.82, 2.24) is 23.9 Å². The lowest BCUT2D eigenvalue weighted by molar-refractivity contribution is 0.137. The maximum atomic E-state index is 14.0. The summed E-state index contributed by atoms with van der Waals surface area (Å²) >= 11 is 0. The van der Waals surface area contributed by atoms with Crippen molar-refractivity contribution < 1.29 is 27.1 Å². The second kappa shape index (κ2) is 11.1. The number of benzene rings is 1. The molecule has 202 valence electrons. The molecule has 0 aliphatic carbocycles. The van der Waals surface area contributed by atoms with Crippen molar-refractivity contribution >= 4 is 32.9 Å². The van der Waals surface area contributed by atoms with Crippen LogP contribution in [-0.2, 0) is 14.9 Å². The molecule has 0 saturated carbocycles. The van der Waals surface area contributed by atoms with Crippen molar-refractivity contribution in [3.8, 4) is 16.9 Å². The van der Waals surface area contributed by atoms with Gasteiger partial charge in [-0.3, -0.25) is 4.90 Å². The Morgan fingerprint density at radius 2 is 1.97 bits per heavy atom. The first kappa shape index (κ1) is 26.1. The van der Waals surface area contributed by atoms with E-state index in [1.165, 1.54) is 23.5 Å². The Morgan fingerprint density at radius 1 is 1.16 bits per heavy atom. The number of carbonyl (C=O) groups excluding carboxylic acids is 1. The number of pyridine rings is 1. The number of carbonyl (C=O) groups is 1. The number of fused-ring (bicyclic) bond motifs is 1. The molecule has 1 amide bonds. The molecule has 1 fully saturated rings. The second-order valence-electron chi connectivity index (χ2n) is 9.28. The quantitative estimate of drug-likeness (QED) is 0.446. The first-order chi connectivity index (χ1) is 18.3. The molecule has 4 heterocycles. The number of aromatic nitrogens is 2. The van der Waals surface area contributed by atoms with Crippen LogP contribution in [0.25, 0.3) is 27.7 Å². The van der Waals surface area contributed by atoms with Gasteiger partial charge in [0.05, 0.1) is 7.11 Å². The third-order valence-electron chi connectivity index (χ3n) is 6.89. The van der Waals surface area contributed by atoms with E-state index in [9.17, 15) is 17.6 Å². The number of likely N-dealkylation sites (tertiary alicyclic amines) is 1. The number of rotatable bonds is 8. The Bertz CT molecular complexity index is 1470. The topological polar surface area (TPSA) is 117 Å². The second-order valence-corrected chi connectivity index (χ2v) is 10.9. The number of nitrogens with one attached hydrogen (secondary N) is 2. The SMILES string of the molecule is COc1ccc(F)cc1-c1ccnc2[nH]c(C3=CCN(S(=O)(=O)NC(=O)OCCN4CCCC4)CC3)cc12. The third kappa shape index (κ3) is 5.66. The summed E-state index contributed by atoms with van der Waals surface area (Å²) in [5.41, 5.74) is 3.71. The van der Waals surface area contributed by atoms with Crippen molar-refractivity contribution in [3.05, 3.63) is 54.1 Å². The molecule has 0 unspecified atom stereocenters. The molecule has 0 radical (unpaired) electrons. The number of H-pyrrole nitrogens is 1. The normalized spacial score (nSPS) is 16.9. The van der Waals surface area contributed by atoms with Crippen molar-refractivity contribution in [2.24, 2.45) is 0 Å². The van der Waals surface area contributed by atoms with Gasteiger partial charge in [-0.05, 0) is 73.8 Å². The number of aromatic amines is 1. The van der Waals surface area contributed by atoms with Crippen LogP contribution >= 0.6 is 0 Å². The van der Waals surface area contributed by atoms with Crippen LogP contribution in [-0.4, -0.2) is 80.1 Å². The van der Waals surface area contributed by atoms with Crippen molar-refractivity contribution in [1.29, 1.82) is 0 Å². The minimum Gasteiger partial charge on any atom is -0.496 e. The smallest absolute Gasteiger partial charge is 0.421 e. The Morgan fingerprint density at radius 3 is 2.71 bits per heavy atom. The van der Waals surface area contributed by atoms with Crippen LogP contribution in [0.1, 0.15) is 25.0 Å². The molecule has 2 aliphatic rings. The number of methoxy groups -OCH3 is 1. The predicted molar refractivity (Wildman–Crippen MR) is 141 cm³/mol. The van der Waals surface area contributed by atoms with Gasteiger partial charge in [0.15, 0.2) is 0 Å². The van der Waals surface area contributed by atoms with Crippen LogP contribution < -0.4 is 9.46 Å². The zero-order valence-corrected chi connectivity index (χ0v) is 21.9. The molecule has 0 spiro atoms. The van der Waals surface area contributed by atoms with Gasteiger partial charge in [0, 0.05) is 42.5 Å². The van der Waals surface area contributed by atoms with E-state index in [2.05, 4.69) is 14.9 Å². The van der Waals surface area contributed by atoms with E-state index in [0.717, 1.165) is 48.1 Å². The van der Waals surface area contributed by atoms with Crippen LogP contribution in [0.5, 0.6) is 5.75 Å². The summed E-state index contributed by atoms with van der Waals surface area (Å²) in [6, 6.07) is 8.08. The van der Waals surface area contributed by atoms with Crippen LogP contribution in [0.15, 0.2) is 42.6 Å². The lowest BCUT2D eigenvalue weighted by atomic mass is 10.0. The number of ether oxygens (including phenoxy) is 2. The zero-order valence-electron chi connectivity index (χ0n) is 21.1. The number of hydrogen-bond donors (Lipinski definition) is 2. The van der Waals surface area contributed by atoms with Gasteiger partial charge in [-0.25, -0.2) is 18.9 Å². The highest BCUT2D eigenvalue weighted by Crippen LogP contribution is 2.36. The first-order valence-electron chi connectivity index (χ1n) is 12.5. The molecule has 2 aliphatic heterocycles. The molecule has 3 aromatic rings. The molecule has 12 heteroatoms. The highest BCUT2D eigenvalue weighted by Gasteiger charge is 2.27. The minimum absolute atomic E-state index is 0.0963. The first-order valence-corrected chi connectivity index (χ1v) is 14.0. The summed E-state index contributed by atoms with van der Waals surface area (Å²) in [6.07, 6.45) is 5.15. The molecule has 2 N–H and O–H groups in total. The van der Waals surface area contributed by atoms with Gasteiger partial charge in [0.25, 0.3) is 0 Å². The summed E-state index contributed by atoms with van der Waals surface area (Å²) < 4.78 is 53.1. The average Bonchev–Trinajstić information content (AvgIpc) is 3.58. The fourth-order valence-electron chi connectivity index (χ4n) is 4.91. The van der Waals surface area contributed by atoms with Gasteiger partial charge < -0.3 is 14.5 Å². The van der Waals surface area contributed by atoms with Crippen LogP contribution in [0.4, 0.5) is 9.18 Å². The maximum absolute atomic E-state index is 14.0. The molecule has 1 aromatic carbocycles.